The van der Waals surface area contributed by atoms with Gasteiger partial charge in [-0.1, -0.05) is 17.3 Å². The molecule has 0 fully saturated rings. The smallest absolute Gasteiger partial charge is 0.426 e. The molecule has 0 aliphatic rings. The second-order valence-corrected chi connectivity index (χ2v) is 5.38. The number of aryl methyl sites for hydroxylation is 1. The fourth-order valence-electron chi connectivity index (χ4n) is 2.27. The van der Waals surface area contributed by atoms with E-state index < -0.39 is 35.1 Å². The Balaban J connectivity index is 2.47. The van der Waals surface area contributed by atoms with Gasteiger partial charge in [0.15, 0.2) is 5.82 Å². The zero-order valence-corrected chi connectivity index (χ0v) is 14.2. The lowest BCUT2D eigenvalue weighted by molar-refractivity contribution is -0.213. The molecular formula is C16H15F4N3O4. The molecule has 0 aliphatic heterocycles. The number of aromatic nitrogens is 1. The first-order valence-electron chi connectivity index (χ1n) is 7.62. The second-order valence-electron chi connectivity index (χ2n) is 5.38. The highest BCUT2D eigenvalue weighted by Gasteiger charge is 2.64. The van der Waals surface area contributed by atoms with E-state index in [4.69, 9.17) is 4.52 Å². The van der Waals surface area contributed by atoms with Crippen LogP contribution in [-0.2, 0) is 15.1 Å². The molecule has 1 heterocycles. The lowest BCUT2D eigenvalue weighted by Crippen LogP contribution is -2.62. The number of alkyl halides is 3. The van der Waals surface area contributed by atoms with E-state index >= 15 is 0 Å². The van der Waals surface area contributed by atoms with Gasteiger partial charge in [0.1, 0.15) is 11.6 Å². The number of carbonyl (C=O) groups is 2. The van der Waals surface area contributed by atoms with Gasteiger partial charge in [-0.3, -0.25) is 5.32 Å². The van der Waals surface area contributed by atoms with E-state index in [9.17, 15) is 27.2 Å². The van der Waals surface area contributed by atoms with Gasteiger partial charge in [0.2, 0.25) is 0 Å². The fraction of sp³-hybridized carbons (Fsp3) is 0.312. The van der Waals surface area contributed by atoms with Crippen LogP contribution in [0.25, 0.3) is 0 Å². The third kappa shape index (κ3) is 4.18. The summed E-state index contributed by atoms with van der Waals surface area (Å²) >= 11 is 0. The molecule has 11 heteroatoms. The zero-order chi connectivity index (χ0) is 20.2. The summed E-state index contributed by atoms with van der Waals surface area (Å²) in [5.41, 5.74) is -4.28. The number of hydrogen-bond acceptors (Lipinski definition) is 5. The van der Waals surface area contributed by atoms with E-state index in [0.717, 1.165) is 24.3 Å². The molecule has 1 atom stereocenters. The van der Waals surface area contributed by atoms with Crippen LogP contribution in [0.2, 0.25) is 0 Å². The van der Waals surface area contributed by atoms with Crippen molar-refractivity contribution in [1.29, 1.82) is 0 Å². The molecule has 0 radical (unpaired) electrons. The summed E-state index contributed by atoms with van der Waals surface area (Å²) in [7, 11) is 0. The Morgan fingerprint density at radius 2 is 1.85 bits per heavy atom. The number of urea groups is 1. The average molecular weight is 389 g/mol. The number of carbonyl (C=O) groups excluding carboxylic acids is 2. The summed E-state index contributed by atoms with van der Waals surface area (Å²) < 4.78 is 64.3. The molecule has 2 amide bonds. The van der Waals surface area contributed by atoms with E-state index in [1.807, 2.05) is 5.32 Å². The van der Waals surface area contributed by atoms with Crippen molar-refractivity contribution in [3.8, 4) is 0 Å². The molecule has 2 N–H and O–H groups in total. The van der Waals surface area contributed by atoms with Crippen molar-refractivity contribution >= 4 is 17.8 Å². The highest BCUT2D eigenvalue weighted by atomic mass is 19.4. The number of anilines is 1. The van der Waals surface area contributed by atoms with Gasteiger partial charge in [0.25, 0.3) is 5.54 Å². The van der Waals surface area contributed by atoms with Crippen LogP contribution < -0.4 is 10.6 Å². The van der Waals surface area contributed by atoms with Crippen LogP contribution in [0.5, 0.6) is 0 Å². The first-order chi connectivity index (χ1) is 12.6. The Hall–Kier alpha value is -3.11. The Bertz CT molecular complexity index is 820. The van der Waals surface area contributed by atoms with Gasteiger partial charge in [-0.15, -0.1) is 0 Å². The summed E-state index contributed by atoms with van der Waals surface area (Å²) in [4.78, 5) is 24.4. The van der Waals surface area contributed by atoms with Crippen molar-refractivity contribution in [2.24, 2.45) is 0 Å². The molecular weight excluding hydrogens is 374 g/mol. The lowest BCUT2D eigenvalue weighted by Gasteiger charge is -2.34. The molecule has 2 aromatic rings. The topological polar surface area (TPSA) is 93.5 Å². The highest BCUT2D eigenvalue weighted by molar-refractivity contribution is 5.95. The fourth-order valence-corrected chi connectivity index (χ4v) is 2.27. The standard InChI is InChI=1S/C16H15F4N3O4/c1-3-26-13(24)15(16(18,19)20,10-4-6-11(17)7-5-10)22-14(25)21-12-8-9(2)27-23-12/h4-8H,3H2,1-2H3,(H2,21,22,23,25)/t15-/m0/s1. The highest BCUT2D eigenvalue weighted by Crippen LogP contribution is 2.40. The molecule has 0 bridgehead atoms. The summed E-state index contributed by atoms with van der Waals surface area (Å²) in [6.45, 7) is 2.44. The number of rotatable bonds is 5. The minimum atomic E-state index is -5.30. The second kappa shape index (κ2) is 7.64. The number of nitrogens with one attached hydrogen (secondary N) is 2. The van der Waals surface area contributed by atoms with Gasteiger partial charge in [-0.05, 0) is 31.5 Å². The van der Waals surface area contributed by atoms with Crippen LogP contribution >= 0.6 is 0 Å². The van der Waals surface area contributed by atoms with Gasteiger partial charge < -0.3 is 14.6 Å². The normalized spacial score (nSPS) is 13.6. The molecule has 1 aromatic heterocycles. The first-order valence-corrected chi connectivity index (χ1v) is 7.62. The molecule has 1 aromatic carbocycles. The predicted molar refractivity (Wildman–Crippen MR) is 84.2 cm³/mol. The maximum Gasteiger partial charge on any atom is 0.426 e. The molecule has 146 valence electrons. The van der Waals surface area contributed by atoms with E-state index in [-0.39, 0.29) is 12.4 Å². The van der Waals surface area contributed by atoms with Crippen molar-refractivity contribution in [3.63, 3.8) is 0 Å². The minimum Gasteiger partial charge on any atom is -0.464 e. The largest absolute Gasteiger partial charge is 0.464 e. The average Bonchev–Trinajstić information content (AvgIpc) is 2.97. The van der Waals surface area contributed by atoms with E-state index in [2.05, 4.69) is 9.89 Å². The third-order valence-electron chi connectivity index (χ3n) is 3.45. The van der Waals surface area contributed by atoms with Crippen molar-refractivity contribution < 1.29 is 36.4 Å². The molecule has 0 unspecified atom stereocenters. The molecule has 0 saturated carbocycles. The maximum atomic E-state index is 14.0. The number of amides is 2. The summed E-state index contributed by atoms with van der Waals surface area (Å²) in [5, 5.41) is 7.05. The number of ether oxygens (including phenoxy) is 1. The number of esters is 1. The summed E-state index contributed by atoms with van der Waals surface area (Å²) in [6.07, 6.45) is -5.30. The number of halogens is 4. The SMILES string of the molecule is CCOC(=O)[C@@](NC(=O)Nc1cc(C)on1)(c1ccc(F)cc1)C(F)(F)F. The van der Waals surface area contributed by atoms with Gasteiger partial charge in [-0.2, -0.15) is 13.2 Å². The molecule has 0 aliphatic carbocycles. The van der Waals surface area contributed by atoms with Crippen LogP contribution in [0, 0.1) is 12.7 Å². The molecule has 27 heavy (non-hydrogen) atoms. The Kier molecular flexibility index (Phi) is 5.72. The van der Waals surface area contributed by atoms with Gasteiger partial charge >= 0.3 is 18.2 Å². The minimum absolute atomic E-state index is 0.163. The van der Waals surface area contributed by atoms with Crippen molar-refractivity contribution in [2.75, 3.05) is 11.9 Å². The predicted octanol–water partition coefficient (Wildman–Crippen LogP) is 3.26. The van der Waals surface area contributed by atoms with Crippen LogP contribution in [0.3, 0.4) is 0 Å². The van der Waals surface area contributed by atoms with E-state index in [0.29, 0.717) is 5.76 Å². The lowest BCUT2D eigenvalue weighted by atomic mass is 9.89. The first kappa shape index (κ1) is 20.2. The monoisotopic (exact) mass is 389 g/mol. The van der Waals surface area contributed by atoms with Gasteiger partial charge in [-0.25, -0.2) is 14.0 Å². The van der Waals surface area contributed by atoms with Crippen LogP contribution in [-0.4, -0.2) is 29.9 Å². The van der Waals surface area contributed by atoms with Gasteiger partial charge in [0, 0.05) is 6.07 Å². The zero-order valence-electron chi connectivity index (χ0n) is 14.2. The van der Waals surface area contributed by atoms with Crippen LogP contribution in [0.15, 0.2) is 34.9 Å². The van der Waals surface area contributed by atoms with Gasteiger partial charge in [0.05, 0.1) is 6.61 Å². The van der Waals surface area contributed by atoms with Crippen molar-refractivity contribution in [3.05, 3.63) is 47.5 Å². The molecule has 0 spiro atoms. The molecule has 0 saturated heterocycles. The summed E-state index contributed by atoms with van der Waals surface area (Å²) in [5.74, 6) is -2.45. The number of nitrogens with zero attached hydrogens (tertiary/aromatic N) is 1. The van der Waals surface area contributed by atoms with Crippen molar-refractivity contribution in [2.45, 2.75) is 25.6 Å². The molecule has 2 rings (SSSR count). The van der Waals surface area contributed by atoms with E-state index in [1.165, 1.54) is 19.9 Å². The van der Waals surface area contributed by atoms with E-state index in [1.54, 1.807) is 5.32 Å². The Labute approximate surface area is 150 Å². The van der Waals surface area contributed by atoms with Crippen LogP contribution in [0.1, 0.15) is 18.2 Å². The van der Waals surface area contributed by atoms with Crippen LogP contribution in [0.4, 0.5) is 28.2 Å². The quantitative estimate of drug-likeness (QED) is 0.605. The number of benzene rings is 1. The third-order valence-corrected chi connectivity index (χ3v) is 3.45. The summed E-state index contributed by atoms with van der Waals surface area (Å²) in [6, 6.07) is 2.81. The van der Waals surface area contributed by atoms with Crippen molar-refractivity contribution in [1.82, 2.24) is 10.5 Å². The number of hydrogen-bond donors (Lipinski definition) is 2. The Morgan fingerprint density at radius 1 is 1.22 bits per heavy atom. The molecule has 7 nitrogen and oxygen atoms in total. The Morgan fingerprint density at radius 3 is 2.33 bits per heavy atom. The maximum absolute atomic E-state index is 14.0.